The van der Waals surface area contributed by atoms with E-state index in [0.717, 1.165) is 12.8 Å². The van der Waals surface area contributed by atoms with Crippen molar-refractivity contribution in [1.29, 1.82) is 0 Å². The van der Waals surface area contributed by atoms with Crippen molar-refractivity contribution >= 4 is 5.91 Å². The van der Waals surface area contributed by atoms with Crippen molar-refractivity contribution in [3.8, 4) is 0 Å². The van der Waals surface area contributed by atoms with Gasteiger partial charge in [-0.05, 0) is 34.2 Å². The molecule has 0 spiro atoms. The Morgan fingerprint density at radius 3 is 2.50 bits per heavy atom. The number of likely N-dealkylation sites (N-methyl/N-ethyl adjacent to an activating group) is 1. The Balaban J connectivity index is 3.82. The molecule has 0 rings (SSSR count). The zero-order valence-electron chi connectivity index (χ0n) is 12.6. The maximum Gasteiger partial charge on any atom is 0.234 e. The van der Waals surface area contributed by atoms with Gasteiger partial charge in [-0.15, -0.1) is 0 Å². The first kappa shape index (κ1) is 17.4. The van der Waals surface area contributed by atoms with Crippen molar-refractivity contribution < 1.29 is 9.90 Å². The van der Waals surface area contributed by atoms with E-state index in [9.17, 15) is 9.90 Å². The van der Waals surface area contributed by atoms with E-state index in [1.807, 2.05) is 18.9 Å². The van der Waals surface area contributed by atoms with E-state index in [0.29, 0.717) is 13.1 Å². The highest BCUT2D eigenvalue weighted by molar-refractivity contribution is 5.78. The number of nitrogens with one attached hydrogen (secondary N) is 1. The zero-order chi connectivity index (χ0) is 14.2. The molecule has 0 heterocycles. The van der Waals surface area contributed by atoms with E-state index in [1.165, 1.54) is 12.8 Å². The van der Waals surface area contributed by atoms with Gasteiger partial charge in [0.1, 0.15) is 0 Å². The molecule has 0 aliphatic heterocycles. The molecule has 1 atom stereocenters. The summed E-state index contributed by atoms with van der Waals surface area (Å²) in [5.74, 6) is 0.0331. The van der Waals surface area contributed by atoms with Gasteiger partial charge in [-0.25, -0.2) is 0 Å². The van der Waals surface area contributed by atoms with Crippen LogP contribution in [0, 0.1) is 0 Å². The van der Waals surface area contributed by atoms with Crippen LogP contribution in [-0.4, -0.2) is 47.7 Å². The molecule has 18 heavy (non-hydrogen) atoms. The highest BCUT2D eigenvalue weighted by Gasteiger charge is 2.17. The van der Waals surface area contributed by atoms with Gasteiger partial charge >= 0.3 is 0 Å². The van der Waals surface area contributed by atoms with Gasteiger partial charge in [0.2, 0.25) is 5.91 Å². The first-order chi connectivity index (χ1) is 8.24. The molecule has 0 aliphatic rings. The molecule has 2 N–H and O–H groups in total. The van der Waals surface area contributed by atoms with Crippen molar-refractivity contribution in [2.45, 2.75) is 65.0 Å². The van der Waals surface area contributed by atoms with Crippen LogP contribution in [0.1, 0.15) is 53.4 Å². The predicted octanol–water partition coefficient (Wildman–Crippen LogP) is 1.77. The summed E-state index contributed by atoms with van der Waals surface area (Å²) in [6.45, 7) is 8.54. The molecule has 0 aromatic rings. The van der Waals surface area contributed by atoms with E-state index >= 15 is 0 Å². The Labute approximate surface area is 112 Å². The first-order valence-electron chi connectivity index (χ1n) is 6.95. The van der Waals surface area contributed by atoms with Crippen molar-refractivity contribution in [3.63, 3.8) is 0 Å². The van der Waals surface area contributed by atoms with Crippen LogP contribution < -0.4 is 5.32 Å². The van der Waals surface area contributed by atoms with Crippen LogP contribution in [-0.2, 0) is 4.79 Å². The number of nitrogens with zero attached hydrogens (tertiary/aromatic N) is 1. The summed E-state index contributed by atoms with van der Waals surface area (Å²) in [6.07, 6.45) is 4.63. The first-order valence-corrected chi connectivity index (χ1v) is 6.95. The zero-order valence-corrected chi connectivity index (χ0v) is 12.6. The highest BCUT2D eigenvalue weighted by Crippen LogP contribution is 2.04. The lowest BCUT2D eigenvalue weighted by molar-refractivity contribution is -0.123. The molecule has 0 bridgehead atoms. The fourth-order valence-corrected chi connectivity index (χ4v) is 2.05. The summed E-state index contributed by atoms with van der Waals surface area (Å²) < 4.78 is 0. The molecule has 4 heteroatoms. The lowest BCUT2D eigenvalue weighted by Crippen LogP contribution is -2.44. The van der Waals surface area contributed by atoms with E-state index in [-0.39, 0.29) is 11.9 Å². The average Bonchev–Trinajstić information content (AvgIpc) is 2.13. The molecule has 0 aromatic carbocycles. The lowest BCUT2D eigenvalue weighted by atomic mass is 10.1. The number of carbonyl (C=O) groups excluding carboxylic acids is 1. The Hall–Kier alpha value is -0.610. The minimum atomic E-state index is -0.762. The molecule has 0 saturated carbocycles. The molecule has 0 aromatic heterocycles. The number of amides is 1. The second-order valence-corrected chi connectivity index (χ2v) is 5.95. The van der Waals surface area contributed by atoms with Crippen molar-refractivity contribution in [2.75, 3.05) is 20.1 Å². The van der Waals surface area contributed by atoms with E-state index in [2.05, 4.69) is 12.2 Å². The molecule has 1 unspecified atom stereocenters. The summed E-state index contributed by atoms with van der Waals surface area (Å²) in [7, 11) is 1.85. The van der Waals surface area contributed by atoms with Gasteiger partial charge in [-0.1, -0.05) is 26.2 Å². The standard InChI is InChI=1S/C14H30N2O2/c1-6-7-8-9-12(2)15-13(17)10-16(5)11-14(3,4)18/h12,18H,6-11H2,1-5H3,(H,15,17). The minimum Gasteiger partial charge on any atom is -0.389 e. The summed E-state index contributed by atoms with van der Waals surface area (Å²) in [5, 5.41) is 12.6. The minimum absolute atomic E-state index is 0.0331. The SMILES string of the molecule is CCCCCC(C)NC(=O)CN(C)CC(C)(C)O. The van der Waals surface area contributed by atoms with Crippen molar-refractivity contribution in [3.05, 3.63) is 0 Å². The normalized spacial score (nSPS) is 13.7. The third-order valence-electron chi connectivity index (χ3n) is 2.72. The molecular weight excluding hydrogens is 228 g/mol. The van der Waals surface area contributed by atoms with Gasteiger partial charge in [-0.2, -0.15) is 0 Å². The third kappa shape index (κ3) is 10.5. The second kappa shape index (κ2) is 8.48. The molecule has 0 radical (unpaired) electrons. The van der Waals surface area contributed by atoms with Crippen molar-refractivity contribution in [2.24, 2.45) is 0 Å². The van der Waals surface area contributed by atoms with Crippen LogP contribution in [0.5, 0.6) is 0 Å². The quantitative estimate of drug-likeness (QED) is 0.620. The number of hydrogen-bond acceptors (Lipinski definition) is 3. The number of aliphatic hydroxyl groups is 1. The predicted molar refractivity (Wildman–Crippen MR) is 75.5 cm³/mol. The Morgan fingerprint density at radius 1 is 1.39 bits per heavy atom. The van der Waals surface area contributed by atoms with E-state index in [4.69, 9.17) is 0 Å². The highest BCUT2D eigenvalue weighted by atomic mass is 16.3. The van der Waals surface area contributed by atoms with Crippen molar-refractivity contribution in [1.82, 2.24) is 10.2 Å². The molecule has 0 aliphatic carbocycles. The van der Waals surface area contributed by atoms with Gasteiger partial charge in [0, 0.05) is 12.6 Å². The van der Waals surface area contributed by atoms with Gasteiger partial charge in [0.25, 0.3) is 0 Å². The monoisotopic (exact) mass is 258 g/mol. The van der Waals surface area contributed by atoms with E-state index in [1.54, 1.807) is 13.8 Å². The van der Waals surface area contributed by atoms with Gasteiger partial charge < -0.3 is 10.4 Å². The number of rotatable bonds is 9. The Kier molecular flexibility index (Phi) is 8.20. The van der Waals surface area contributed by atoms with Crippen LogP contribution in [0.15, 0.2) is 0 Å². The average molecular weight is 258 g/mol. The summed E-state index contributed by atoms with van der Waals surface area (Å²) >= 11 is 0. The summed E-state index contributed by atoms with van der Waals surface area (Å²) in [6, 6.07) is 0.236. The second-order valence-electron chi connectivity index (χ2n) is 5.95. The van der Waals surface area contributed by atoms with Crippen LogP contribution in [0.3, 0.4) is 0 Å². The molecule has 108 valence electrons. The molecule has 0 saturated heterocycles. The number of hydrogen-bond donors (Lipinski definition) is 2. The van der Waals surface area contributed by atoms with Crippen LogP contribution in [0.4, 0.5) is 0 Å². The summed E-state index contributed by atoms with van der Waals surface area (Å²) in [5.41, 5.74) is -0.762. The van der Waals surface area contributed by atoms with Crippen LogP contribution in [0.2, 0.25) is 0 Å². The van der Waals surface area contributed by atoms with Gasteiger partial charge in [-0.3, -0.25) is 9.69 Å². The number of carbonyl (C=O) groups is 1. The molecule has 0 fully saturated rings. The fourth-order valence-electron chi connectivity index (χ4n) is 2.05. The Bertz CT molecular complexity index is 236. The summed E-state index contributed by atoms with van der Waals surface area (Å²) in [4.78, 5) is 13.6. The van der Waals surface area contributed by atoms with Crippen LogP contribution >= 0.6 is 0 Å². The number of unbranched alkanes of at least 4 members (excludes halogenated alkanes) is 2. The van der Waals surface area contributed by atoms with Crippen LogP contribution in [0.25, 0.3) is 0 Å². The lowest BCUT2D eigenvalue weighted by Gasteiger charge is -2.25. The third-order valence-corrected chi connectivity index (χ3v) is 2.72. The maximum absolute atomic E-state index is 11.7. The van der Waals surface area contributed by atoms with Gasteiger partial charge in [0.15, 0.2) is 0 Å². The molecule has 4 nitrogen and oxygen atoms in total. The smallest absolute Gasteiger partial charge is 0.234 e. The largest absolute Gasteiger partial charge is 0.389 e. The maximum atomic E-state index is 11.7. The fraction of sp³-hybridized carbons (Fsp3) is 0.929. The topological polar surface area (TPSA) is 52.6 Å². The van der Waals surface area contributed by atoms with E-state index < -0.39 is 5.60 Å². The van der Waals surface area contributed by atoms with Gasteiger partial charge in [0.05, 0.1) is 12.1 Å². The molecule has 1 amide bonds. The molecular formula is C14H30N2O2. The Morgan fingerprint density at radius 2 is 2.00 bits per heavy atom.